The van der Waals surface area contributed by atoms with Crippen molar-refractivity contribution in [2.24, 2.45) is 0 Å². The van der Waals surface area contributed by atoms with E-state index in [1.807, 2.05) is 0 Å². The number of hydrogen-bond acceptors (Lipinski definition) is 6. The highest BCUT2D eigenvalue weighted by molar-refractivity contribution is 6.13. The van der Waals surface area contributed by atoms with E-state index in [0.717, 1.165) is 0 Å². The van der Waals surface area contributed by atoms with Crippen LogP contribution in [0.15, 0.2) is 67.0 Å². The molecule has 0 unspecified atom stereocenters. The van der Waals surface area contributed by atoms with Crippen molar-refractivity contribution in [2.45, 2.75) is 0 Å². The SMILES string of the molecule is COc1cccc(C(=O)c2cncc(C(=O)c3cccc([N+](=O)[O-])c3)c2)c1. The summed E-state index contributed by atoms with van der Waals surface area (Å²) in [7, 11) is 1.50. The minimum atomic E-state index is -0.572. The molecule has 7 nitrogen and oxygen atoms in total. The first kappa shape index (κ1) is 17.9. The Morgan fingerprint density at radius 2 is 1.48 bits per heavy atom. The van der Waals surface area contributed by atoms with Crippen molar-refractivity contribution in [3.8, 4) is 5.75 Å². The minimum absolute atomic E-state index is 0.150. The van der Waals surface area contributed by atoms with E-state index >= 15 is 0 Å². The minimum Gasteiger partial charge on any atom is -0.497 e. The predicted octanol–water partition coefficient (Wildman–Crippen LogP) is 3.46. The zero-order valence-corrected chi connectivity index (χ0v) is 14.3. The van der Waals surface area contributed by atoms with Crippen LogP contribution in [0.2, 0.25) is 0 Å². The molecular formula is C20H14N2O5. The molecule has 7 heteroatoms. The van der Waals surface area contributed by atoms with Gasteiger partial charge in [0.25, 0.3) is 5.69 Å². The summed E-state index contributed by atoms with van der Waals surface area (Å²) in [5.74, 6) is -0.223. The van der Waals surface area contributed by atoms with Gasteiger partial charge in [0, 0.05) is 46.8 Å². The van der Waals surface area contributed by atoms with Crippen LogP contribution < -0.4 is 4.74 Å². The predicted molar refractivity (Wildman–Crippen MR) is 97.2 cm³/mol. The topological polar surface area (TPSA) is 99.4 Å². The molecule has 0 aliphatic rings. The maximum Gasteiger partial charge on any atom is 0.270 e. The van der Waals surface area contributed by atoms with Gasteiger partial charge < -0.3 is 4.74 Å². The number of hydrogen-bond donors (Lipinski definition) is 0. The van der Waals surface area contributed by atoms with E-state index in [2.05, 4.69) is 4.98 Å². The van der Waals surface area contributed by atoms with Crippen LogP contribution in [-0.4, -0.2) is 28.6 Å². The molecule has 0 bridgehead atoms. The van der Waals surface area contributed by atoms with Crippen LogP contribution in [0.25, 0.3) is 0 Å². The van der Waals surface area contributed by atoms with Crippen LogP contribution >= 0.6 is 0 Å². The van der Waals surface area contributed by atoms with Crippen LogP contribution in [0.1, 0.15) is 31.8 Å². The zero-order valence-electron chi connectivity index (χ0n) is 14.3. The van der Waals surface area contributed by atoms with Crippen molar-refractivity contribution in [3.05, 3.63) is 99.4 Å². The number of ketones is 2. The van der Waals surface area contributed by atoms with Gasteiger partial charge >= 0.3 is 0 Å². The maximum atomic E-state index is 12.7. The Morgan fingerprint density at radius 3 is 2.07 bits per heavy atom. The average molecular weight is 362 g/mol. The normalized spacial score (nSPS) is 10.3. The van der Waals surface area contributed by atoms with Gasteiger partial charge in [0.15, 0.2) is 11.6 Å². The standard InChI is InChI=1S/C20H14N2O5/c1-27-18-7-3-5-14(10-18)20(24)16-8-15(11-21-12-16)19(23)13-4-2-6-17(9-13)22(25)26/h2-12H,1H3. The monoisotopic (exact) mass is 362 g/mol. The highest BCUT2D eigenvalue weighted by Crippen LogP contribution is 2.19. The lowest BCUT2D eigenvalue weighted by Crippen LogP contribution is -2.07. The van der Waals surface area contributed by atoms with Gasteiger partial charge in [-0.05, 0) is 18.2 Å². The van der Waals surface area contributed by atoms with Gasteiger partial charge in [0.2, 0.25) is 0 Å². The Morgan fingerprint density at radius 1 is 0.889 bits per heavy atom. The molecule has 2 aromatic carbocycles. The highest BCUT2D eigenvalue weighted by Gasteiger charge is 2.17. The fraction of sp³-hybridized carbons (Fsp3) is 0.0500. The second kappa shape index (κ2) is 7.57. The third kappa shape index (κ3) is 3.87. The second-order valence-electron chi connectivity index (χ2n) is 5.66. The largest absolute Gasteiger partial charge is 0.497 e. The summed E-state index contributed by atoms with van der Waals surface area (Å²) in [5, 5.41) is 10.9. The number of methoxy groups -OCH3 is 1. The fourth-order valence-corrected chi connectivity index (χ4v) is 2.55. The number of aromatic nitrogens is 1. The van der Waals surface area contributed by atoms with Gasteiger partial charge in [-0.15, -0.1) is 0 Å². The summed E-state index contributed by atoms with van der Waals surface area (Å²) in [4.78, 5) is 39.6. The number of nitrogens with zero attached hydrogens (tertiary/aromatic N) is 2. The number of carbonyl (C=O) groups excluding carboxylic acids is 2. The Labute approximate surface area is 154 Å². The van der Waals surface area contributed by atoms with Crippen LogP contribution in [0.5, 0.6) is 5.75 Å². The van der Waals surface area contributed by atoms with Crippen LogP contribution in [0.3, 0.4) is 0 Å². The number of benzene rings is 2. The Bertz CT molecular complexity index is 1050. The molecule has 0 N–H and O–H groups in total. The lowest BCUT2D eigenvalue weighted by Gasteiger charge is -2.06. The molecule has 0 fully saturated rings. The van der Waals surface area contributed by atoms with E-state index in [-0.39, 0.29) is 28.2 Å². The van der Waals surface area contributed by atoms with Crippen molar-refractivity contribution in [2.75, 3.05) is 7.11 Å². The maximum absolute atomic E-state index is 12.7. The van der Waals surface area contributed by atoms with Crippen molar-refractivity contribution in [1.29, 1.82) is 0 Å². The van der Waals surface area contributed by atoms with Gasteiger partial charge in [-0.3, -0.25) is 24.7 Å². The number of non-ortho nitro benzene ring substituents is 1. The summed E-state index contributed by atoms with van der Waals surface area (Å²) in [5.41, 5.74) is 0.772. The summed E-state index contributed by atoms with van der Waals surface area (Å²) < 4.78 is 5.11. The van der Waals surface area contributed by atoms with E-state index in [1.54, 1.807) is 24.3 Å². The molecule has 0 spiro atoms. The molecule has 3 rings (SSSR count). The highest BCUT2D eigenvalue weighted by atomic mass is 16.6. The molecule has 0 radical (unpaired) electrons. The Balaban J connectivity index is 1.93. The van der Waals surface area contributed by atoms with E-state index in [1.165, 1.54) is 49.8 Å². The van der Waals surface area contributed by atoms with E-state index in [0.29, 0.717) is 11.3 Å². The number of pyridine rings is 1. The first-order valence-electron chi connectivity index (χ1n) is 7.92. The number of nitro groups is 1. The molecule has 0 saturated heterocycles. The third-order valence-electron chi connectivity index (χ3n) is 3.91. The molecule has 0 atom stereocenters. The quantitative estimate of drug-likeness (QED) is 0.378. The number of nitro benzene ring substituents is 1. The van der Waals surface area contributed by atoms with Gasteiger partial charge in [-0.1, -0.05) is 24.3 Å². The lowest BCUT2D eigenvalue weighted by atomic mass is 9.99. The van der Waals surface area contributed by atoms with Gasteiger partial charge in [0.05, 0.1) is 12.0 Å². The molecule has 0 aliphatic heterocycles. The van der Waals surface area contributed by atoms with Crippen LogP contribution in [0, 0.1) is 10.1 Å². The molecule has 3 aromatic rings. The van der Waals surface area contributed by atoms with E-state index < -0.39 is 10.7 Å². The summed E-state index contributed by atoms with van der Waals surface area (Å²) in [6.45, 7) is 0. The molecule has 0 amide bonds. The average Bonchev–Trinajstić information content (AvgIpc) is 2.72. The van der Waals surface area contributed by atoms with Crippen molar-refractivity contribution in [3.63, 3.8) is 0 Å². The number of rotatable bonds is 6. The Kier molecular flexibility index (Phi) is 5.03. The summed E-state index contributed by atoms with van der Waals surface area (Å²) in [6, 6.07) is 13.5. The zero-order chi connectivity index (χ0) is 19.4. The molecule has 27 heavy (non-hydrogen) atoms. The van der Waals surface area contributed by atoms with Gasteiger partial charge in [0.1, 0.15) is 5.75 Å². The van der Waals surface area contributed by atoms with E-state index in [9.17, 15) is 19.7 Å². The second-order valence-corrected chi connectivity index (χ2v) is 5.66. The molecule has 134 valence electrons. The first-order chi connectivity index (χ1) is 13.0. The first-order valence-corrected chi connectivity index (χ1v) is 7.92. The van der Waals surface area contributed by atoms with Crippen molar-refractivity contribution < 1.29 is 19.2 Å². The third-order valence-corrected chi connectivity index (χ3v) is 3.91. The number of ether oxygens (including phenoxy) is 1. The van der Waals surface area contributed by atoms with Crippen LogP contribution in [-0.2, 0) is 0 Å². The van der Waals surface area contributed by atoms with E-state index in [4.69, 9.17) is 4.74 Å². The molecule has 1 heterocycles. The van der Waals surface area contributed by atoms with Crippen LogP contribution in [0.4, 0.5) is 5.69 Å². The summed E-state index contributed by atoms with van der Waals surface area (Å²) in [6.07, 6.45) is 2.69. The van der Waals surface area contributed by atoms with Gasteiger partial charge in [-0.25, -0.2) is 0 Å². The van der Waals surface area contributed by atoms with Crippen molar-refractivity contribution >= 4 is 17.3 Å². The molecular weight excluding hydrogens is 348 g/mol. The lowest BCUT2D eigenvalue weighted by molar-refractivity contribution is -0.384. The van der Waals surface area contributed by atoms with Gasteiger partial charge in [-0.2, -0.15) is 0 Å². The Hall–Kier alpha value is -3.87. The molecule has 1 aromatic heterocycles. The number of carbonyl (C=O) groups is 2. The fourth-order valence-electron chi connectivity index (χ4n) is 2.55. The molecule has 0 saturated carbocycles. The van der Waals surface area contributed by atoms with Crippen molar-refractivity contribution in [1.82, 2.24) is 4.98 Å². The summed E-state index contributed by atoms with van der Waals surface area (Å²) >= 11 is 0. The smallest absolute Gasteiger partial charge is 0.270 e. The molecule has 0 aliphatic carbocycles.